The Morgan fingerprint density at radius 1 is 0.579 bits per heavy atom. The molecule has 0 aromatic heterocycles. The third-order valence-corrected chi connectivity index (χ3v) is 8.49. The quantitative estimate of drug-likeness (QED) is 0.0499. The molecule has 0 aliphatic carbocycles. The summed E-state index contributed by atoms with van der Waals surface area (Å²) in [5.74, 6) is -8.43. The van der Waals surface area contributed by atoms with E-state index in [0.717, 1.165) is 0 Å². The minimum atomic E-state index is -1.72. The van der Waals surface area contributed by atoms with Crippen LogP contribution in [0.1, 0.15) is 60.5 Å². The second-order valence-electron chi connectivity index (χ2n) is 14.4. The first-order valence-corrected chi connectivity index (χ1v) is 18.3. The lowest BCUT2D eigenvalue weighted by molar-refractivity contribution is -0.143. The summed E-state index contributed by atoms with van der Waals surface area (Å²) in [6.07, 6.45) is -1.76. The number of hydrogen-bond acceptors (Lipinski definition) is 13. The van der Waals surface area contributed by atoms with Gasteiger partial charge >= 0.3 is 5.97 Å². The second-order valence-corrected chi connectivity index (χ2v) is 14.4. The lowest BCUT2D eigenvalue weighted by Crippen LogP contribution is -2.62. The number of benzene rings is 1. The lowest BCUT2D eigenvalue weighted by atomic mass is 10.0. The van der Waals surface area contributed by atoms with Crippen LogP contribution in [0.3, 0.4) is 0 Å². The minimum Gasteiger partial charge on any atom is -0.508 e. The Kier molecular flexibility index (Phi) is 20.6. The molecule has 57 heavy (non-hydrogen) atoms. The zero-order valence-corrected chi connectivity index (χ0v) is 33.1. The molecule has 7 amide bonds. The van der Waals surface area contributed by atoms with Gasteiger partial charge in [-0.3, -0.25) is 33.6 Å². The first-order chi connectivity index (χ1) is 26.5. The van der Waals surface area contributed by atoms with Gasteiger partial charge in [-0.25, -0.2) is 4.79 Å². The van der Waals surface area contributed by atoms with E-state index >= 15 is 0 Å². The van der Waals surface area contributed by atoms with E-state index in [1.165, 1.54) is 45.0 Å². The highest BCUT2D eigenvalue weighted by Gasteiger charge is 2.35. The maximum Gasteiger partial charge on any atom is 0.328 e. The van der Waals surface area contributed by atoms with Crippen LogP contribution in [0.25, 0.3) is 0 Å². The number of aliphatic carboxylic acids is 1. The van der Waals surface area contributed by atoms with Crippen LogP contribution in [0.2, 0.25) is 0 Å². The molecule has 21 nitrogen and oxygen atoms in total. The summed E-state index contributed by atoms with van der Waals surface area (Å²) in [5.41, 5.74) is 5.89. The molecule has 0 radical (unpaired) electrons. The largest absolute Gasteiger partial charge is 0.508 e. The second kappa shape index (κ2) is 23.6. The van der Waals surface area contributed by atoms with Crippen LogP contribution in [0.5, 0.6) is 5.75 Å². The molecule has 14 N–H and O–H groups in total. The third-order valence-electron chi connectivity index (χ3n) is 8.49. The van der Waals surface area contributed by atoms with Gasteiger partial charge in [0.15, 0.2) is 0 Å². The summed E-state index contributed by atoms with van der Waals surface area (Å²) < 4.78 is 0. The molecular formula is C36H58N8O13. The number of rotatable bonds is 23. The maximum atomic E-state index is 13.6. The Bertz CT molecular complexity index is 1560. The van der Waals surface area contributed by atoms with E-state index in [0.29, 0.717) is 5.56 Å². The van der Waals surface area contributed by atoms with Crippen LogP contribution in [0.15, 0.2) is 24.3 Å². The molecule has 0 fully saturated rings. The summed E-state index contributed by atoms with van der Waals surface area (Å²) in [6, 6.07) is -5.52. The van der Waals surface area contributed by atoms with Crippen molar-refractivity contribution in [3.63, 3.8) is 0 Å². The average Bonchev–Trinajstić information content (AvgIpc) is 3.13. The van der Waals surface area contributed by atoms with Crippen molar-refractivity contribution in [3.8, 4) is 5.75 Å². The van der Waals surface area contributed by atoms with Crippen molar-refractivity contribution < 1.29 is 63.9 Å². The number of phenolic OH excluding ortho intramolecular Hbond substituents is 1. The zero-order valence-electron chi connectivity index (χ0n) is 33.1. The van der Waals surface area contributed by atoms with Crippen LogP contribution in [0, 0.1) is 11.8 Å². The van der Waals surface area contributed by atoms with Gasteiger partial charge in [0, 0.05) is 6.42 Å². The van der Waals surface area contributed by atoms with Gasteiger partial charge < -0.3 is 68.5 Å². The van der Waals surface area contributed by atoms with E-state index in [-0.39, 0.29) is 24.5 Å². The first kappa shape index (κ1) is 49.6. The van der Waals surface area contributed by atoms with Gasteiger partial charge in [-0.05, 0) is 56.7 Å². The van der Waals surface area contributed by atoms with E-state index in [2.05, 4.69) is 37.2 Å². The topological polar surface area (TPSA) is 348 Å². The van der Waals surface area contributed by atoms with Crippen LogP contribution >= 0.6 is 0 Å². The van der Waals surface area contributed by atoms with E-state index in [1.807, 2.05) is 0 Å². The summed E-state index contributed by atoms with van der Waals surface area (Å²) >= 11 is 0. The molecule has 0 aliphatic heterocycles. The molecule has 0 bridgehead atoms. The molecule has 320 valence electrons. The molecule has 0 aliphatic rings. The highest BCUT2D eigenvalue weighted by Crippen LogP contribution is 2.13. The summed E-state index contributed by atoms with van der Waals surface area (Å²) in [5, 5.41) is 64.7. The van der Waals surface area contributed by atoms with E-state index in [9.17, 15) is 58.8 Å². The number of carbonyl (C=O) groups is 8. The number of amides is 7. The molecule has 0 unspecified atom stereocenters. The summed E-state index contributed by atoms with van der Waals surface area (Å²) in [6.45, 7) is 8.99. The highest BCUT2D eigenvalue weighted by atomic mass is 16.4. The van der Waals surface area contributed by atoms with Crippen molar-refractivity contribution in [1.29, 1.82) is 0 Å². The van der Waals surface area contributed by atoms with Crippen molar-refractivity contribution in [2.24, 2.45) is 17.6 Å². The molecular weight excluding hydrogens is 752 g/mol. The van der Waals surface area contributed by atoms with Gasteiger partial charge in [0.25, 0.3) is 0 Å². The SMILES string of the molecule is CC(C)C[C@H](NC(=O)[C@H](C)NC(=O)[C@@H](NC(=O)[C@H](C)NC(=O)[C@@H](N)CO)C(C)C)C(=O)N[C@H](C(=O)N[C@@H](Cc1ccc(O)cc1)C(=O)N[C@@H](CO)C(=O)O)[C@@H](C)O. The predicted molar refractivity (Wildman–Crippen MR) is 202 cm³/mol. The maximum absolute atomic E-state index is 13.6. The Morgan fingerprint density at radius 2 is 1.04 bits per heavy atom. The fourth-order valence-electron chi connectivity index (χ4n) is 5.11. The number of hydrogen-bond donors (Lipinski definition) is 13. The Balaban J connectivity index is 3.16. The molecule has 0 heterocycles. The van der Waals surface area contributed by atoms with E-state index in [1.54, 1.807) is 27.7 Å². The van der Waals surface area contributed by atoms with E-state index in [4.69, 9.17) is 10.8 Å². The fraction of sp³-hybridized carbons (Fsp3) is 0.611. The molecule has 0 saturated heterocycles. The van der Waals surface area contributed by atoms with Gasteiger partial charge in [0.2, 0.25) is 41.4 Å². The number of carboxylic acids is 1. The summed E-state index contributed by atoms with van der Waals surface area (Å²) in [4.78, 5) is 103. The molecule has 1 rings (SSSR count). The van der Waals surface area contributed by atoms with Crippen LogP contribution in [-0.4, -0.2) is 141 Å². The number of aliphatic hydroxyl groups excluding tert-OH is 3. The third kappa shape index (κ3) is 16.7. The van der Waals surface area contributed by atoms with Crippen molar-refractivity contribution in [2.75, 3.05) is 13.2 Å². The monoisotopic (exact) mass is 810 g/mol. The van der Waals surface area contributed by atoms with Gasteiger partial charge in [-0.15, -0.1) is 0 Å². The Morgan fingerprint density at radius 3 is 1.51 bits per heavy atom. The van der Waals surface area contributed by atoms with Crippen LogP contribution in [0.4, 0.5) is 0 Å². The molecule has 0 spiro atoms. The number of nitrogens with two attached hydrogens (primary N) is 1. The fourth-order valence-corrected chi connectivity index (χ4v) is 5.11. The normalized spacial score (nSPS) is 15.9. The first-order valence-electron chi connectivity index (χ1n) is 18.3. The predicted octanol–water partition coefficient (Wildman–Crippen LogP) is -4.15. The average molecular weight is 811 g/mol. The van der Waals surface area contributed by atoms with Crippen molar-refractivity contribution in [1.82, 2.24) is 37.2 Å². The zero-order chi connectivity index (χ0) is 43.7. The smallest absolute Gasteiger partial charge is 0.328 e. The van der Waals surface area contributed by atoms with Crippen molar-refractivity contribution >= 4 is 47.3 Å². The molecule has 9 atom stereocenters. The number of carboxylic acid groups (broad SMARTS) is 1. The van der Waals surface area contributed by atoms with Gasteiger partial charge in [-0.2, -0.15) is 0 Å². The van der Waals surface area contributed by atoms with E-state index < -0.39 is 121 Å². The lowest BCUT2D eigenvalue weighted by Gasteiger charge is -2.28. The standard InChI is InChI=1S/C36H58N8O13/c1-16(2)12-24(40-29(49)18(5)39-34(54)27(17(3)4)43-30(50)19(6)38-31(51)23(37)14-45)33(53)44-28(20(7)47)35(55)41-25(13-21-8-10-22(48)11-9-21)32(52)42-26(15-46)36(56)57/h8-11,16-20,23-28,45-48H,12-15,37H2,1-7H3,(H,38,51)(H,39,54)(H,40,49)(H,41,55)(H,42,52)(H,43,50)(H,44,53)(H,56,57)/t18-,19-,20+,23-,24-,25-,26-,27-,28-/m0/s1. The summed E-state index contributed by atoms with van der Waals surface area (Å²) in [7, 11) is 0. The number of phenols is 1. The molecule has 1 aromatic rings. The minimum absolute atomic E-state index is 0.0320. The van der Waals surface area contributed by atoms with Gasteiger partial charge in [-0.1, -0.05) is 39.8 Å². The molecule has 1 aromatic carbocycles. The van der Waals surface area contributed by atoms with Gasteiger partial charge in [0.05, 0.1) is 19.3 Å². The number of carbonyl (C=O) groups excluding carboxylic acids is 7. The molecule has 21 heteroatoms. The van der Waals surface area contributed by atoms with Crippen molar-refractivity contribution in [3.05, 3.63) is 29.8 Å². The number of aromatic hydroxyl groups is 1. The molecule has 0 saturated carbocycles. The number of aliphatic hydroxyl groups is 3. The number of nitrogens with one attached hydrogen (secondary N) is 7. The van der Waals surface area contributed by atoms with Crippen molar-refractivity contribution in [2.45, 2.75) is 116 Å². The van der Waals surface area contributed by atoms with Crippen LogP contribution in [-0.2, 0) is 44.8 Å². The van der Waals surface area contributed by atoms with Crippen LogP contribution < -0.4 is 43.0 Å². The Labute approximate surface area is 330 Å². The Hall–Kier alpha value is -5.38. The van der Waals surface area contributed by atoms with Gasteiger partial charge in [0.1, 0.15) is 54.1 Å². The highest BCUT2D eigenvalue weighted by molar-refractivity contribution is 5.97.